The van der Waals surface area contributed by atoms with Gasteiger partial charge in [0, 0.05) is 23.5 Å². The Hall–Kier alpha value is -2.89. The third-order valence-corrected chi connectivity index (χ3v) is 7.27. The minimum Gasteiger partial charge on any atom is -0.376 e. The highest BCUT2D eigenvalue weighted by Gasteiger charge is 2.54. The lowest BCUT2D eigenvalue weighted by Gasteiger charge is -2.43. The topological polar surface area (TPSA) is 70.9 Å². The summed E-state index contributed by atoms with van der Waals surface area (Å²) in [5, 5.41) is 17.5. The van der Waals surface area contributed by atoms with Crippen LogP contribution >= 0.6 is 0 Å². The van der Waals surface area contributed by atoms with Gasteiger partial charge in [0.15, 0.2) is 5.65 Å². The quantitative estimate of drug-likeness (QED) is 0.543. The Morgan fingerprint density at radius 2 is 2.04 bits per heavy atom. The van der Waals surface area contributed by atoms with E-state index in [9.17, 15) is 0 Å². The number of aromatic amines is 1. The minimum absolute atomic E-state index is 0.258. The second-order valence-corrected chi connectivity index (χ2v) is 8.40. The van der Waals surface area contributed by atoms with E-state index in [0.29, 0.717) is 11.8 Å². The minimum atomic E-state index is 0.258. The zero-order valence-corrected chi connectivity index (χ0v) is 14.8. The molecule has 6 heteroatoms. The highest BCUT2D eigenvalue weighted by molar-refractivity contribution is 5.88. The van der Waals surface area contributed by atoms with Crippen molar-refractivity contribution >= 4 is 22.2 Å². The van der Waals surface area contributed by atoms with Gasteiger partial charge >= 0.3 is 0 Å². The Balaban J connectivity index is 1.44. The van der Waals surface area contributed by atoms with Crippen LogP contribution in [-0.4, -0.2) is 24.8 Å². The van der Waals surface area contributed by atoms with Crippen LogP contribution in [0.15, 0.2) is 42.9 Å². The van der Waals surface area contributed by atoms with Crippen LogP contribution in [0.25, 0.3) is 16.6 Å². The fourth-order valence-corrected chi connectivity index (χ4v) is 6.30. The number of nitrogens with one attached hydrogen (secondary N) is 2. The summed E-state index contributed by atoms with van der Waals surface area (Å²) < 4.78 is 1.90. The molecule has 5 unspecified atom stereocenters. The number of hydrogen-bond donors (Lipinski definition) is 2. The van der Waals surface area contributed by atoms with Gasteiger partial charge in [0.2, 0.25) is 0 Å². The first-order valence-electron chi connectivity index (χ1n) is 9.89. The predicted molar refractivity (Wildman–Crippen MR) is 103 cm³/mol. The van der Waals surface area contributed by atoms with Gasteiger partial charge in [-0.2, -0.15) is 10.2 Å². The molecule has 2 bridgehead atoms. The first-order chi connectivity index (χ1) is 13.4. The van der Waals surface area contributed by atoms with Crippen LogP contribution in [0.4, 0.5) is 5.69 Å². The van der Waals surface area contributed by atoms with E-state index in [-0.39, 0.29) is 6.04 Å². The first-order valence-corrected chi connectivity index (χ1v) is 9.89. The summed E-state index contributed by atoms with van der Waals surface area (Å²) in [5.41, 5.74) is 5.92. The van der Waals surface area contributed by atoms with Gasteiger partial charge in [0.05, 0.1) is 23.4 Å². The first kappa shape index (κ1) is 14.2. The van der Waals surface area contributed by atoms with E-state index in [4.69, 9.17) is 5.10 Å². The van der Waals surface area contributed by atoms with Crippen molar-refractivity contribution in [2.45, 2.75) is 31.2 Å². The molecule has 0 spiro atoms. The van der Waals surface area contributed by atoms with Crippen LogP contribution in [0.3, 0.4) is 0 Å². The third-order valence-electron chi connectivity index (χ3n) is 7.27. The van der Waals surface area contributed by atoms with Crippen molar-refractivity contribution in [2.24, 2.45) is 17.8 Å². The lowest BCUT2D eigenvalue weighted by atomic mass is 9.68. The van der Waals surface area contributed by atoms with Crippen molar-refractivity contribution in [2.75, 3.05) is 5.32 Å². The highest BCUT2D eigenvalue weighted by Crippen LogP contribution is 2.64. The number of fused-ring (bicyclic) bond motifs is 10. The van der Waals surface area contributed by atoms with E-state index in [1.807, 2.05) is 23.1 Å². The Morgan fingerprint density at radius 1 is 1.07 bits per heavy atom. The Bertz CT molecular complexity index is 1190. The maximum absolute atomic E-state index is 4.90. The van der Waals surface area contributed by atoms with Crippen LogP contribution in [0.5, 0.6) is 0 Å². The number of benzene rings is 1. The summed E-state index contributed by atoms with van der Waals surface area (Å²) in [6, 6.07) is 8.87. The van der Waals surface area contributed by atoms with Gasteiger partial charge in [0.1, 0.15) is 0 Å². The lowest BCUT2D eigenvalue weighted by Crippen LogP contribution is -2.36. The fraction of sp³-hybridized carbons (Fsp3) is 0.381. The van der Waals surface area contributed by atoms with Gasteiger partial charge < -0.3 is 5.32 Å². The second-order valence-electron chi connectivity index (χ2n) is 8.40. The van der Waals surface area contributed by atoms with Crippen LogP contribution in [0.2, 0.25) is 0 Å². The lowest BCUT2D eigenvalue weighted by molar-refractivity contribution is 0.245. The molecule has 1 aromatic carbocycles. The Kier molecular flexibility index (Phi) is 2.57. The molecule has 2 fully saturated rings. The Labute approximate surface area is 156 Å². The van der Waals surface area contributed by atoms with Gasteiger partial charge in [0.25, 0.3) is 0 Å². The summed E-state index contributed by atoms with van der Waals surface area (Å²) in [5.74, 6) is 2.78. The third kappa shape index (κ3) is 1.78. The molecule has 4 aromatic rings. The van der Waals surface area contributed by atoms with E-state index >= 15 is 0 Å². The zero-order valence-electron chi connectivity index (χ0n) is 14.8. The number of H-pyrrole nitrogens is 1. The molecule has 0 amide bonds. The fourth-order valence-electron chi connectivity index (χ4n) is 6.30. The van der Waals surface area contributed by atoms with Gasteiger partial charge in [-0.15, -0.1) is 0 Å². The molecular weight excluding hydrogens is 336 g/mol. The van der Waals surface area contributed by atoms with Gasteiger partial charge in [-0.25, -0.2) is 9.50 Å². The van der Waals surface area contributed by atoms with E-state index < -0.39 is 0 Å². The summed E-state index contributed by atoms with van der Waals surface area (Å²) in [6.45, 7) is 0. The monoisotopic (exact) mass is 356 g/mol. The van der Waals surface area contributed by atoms with E-state index in [0.717, 1.165) is 28.7 Å². The number of aromatic nitrogens is 5. The molecule has 27 heavy (non-hydrogen) atoms. The number of imidazole rings is 1. The molecule has 3 aliphatic rings. The number of rotatable bonds is 1. The Morgan fingerprint density at radius 3 is 3.04 bits per heavy atom. The maximum atomic E-state index is 4.90. The van der Waals surface area contributed by atoms with Crippen molar-refractivity contribution in [3.05, 3.63) is 54.1 Å². The normalized spacial score (nSPS) is 31.2. The SMILES string of the molecule is c1cn2nc(C3Nc4ccc5[nH]ncc5c4C4C5CCC(C5)C34)ccc2n1. The summed E-state index contributed by atoms with van der Waals surface area (Å²) in [7, 11) is 0. The molecule has 2 aliphatic carbocycles. The molecule has 7 rings (SSSR count). The molecule has 4 heterocycles. The zero-order chi connectivity index (χ0) is 17.5. The highest BCUT2D eigenvalue weighted by atomic mass is 15.3. The van der Waals surface area contributed by atoms with Crippen molar-refractivity contribution in [3.63, 3.8) is 0 Å². The average molecular weight is 356 g/mol. The number of nitrogens with zero attached hydrogens (tertiary/aromatic N) is 4. The molecule has 6 nitrogen and oxygen atoms in total. The van der Waals surface area contributed by atoms with Crippen molar-refractivity contribution < 1.29 is 0 Å². The standard InChI is InChI=1S/C21H20N6/c1-2-12-9-11(1)18-19(12)21(16-5-6-17-22-7-8-27(17)26-16)24-15-4-3-14-13(20(15)18)10-23-25-14/h3-8,10-12,18-19,21,24H,1-2,9H2,(H,23,25). The predicted octanol–water partition coefficient (Wildman–Crippen LogP) is 3.90. The molecule has 0 saturated heterocycles. The summed E-state index contributed by atoms with van der Waals surface area (Å²) in [6.07, 6.45) is 9.83. The van der Waals surface area contributed by atoms with Crippen LogP contribution < -0.4 is 5.32 Å². The van der Waals surface area contributed by atoms with E-state index in [2.05, 4.69) is 44.8 Å². The van der Waals surface area contributed by atoms with Gasteiger partial charge in [-0.1, -0.05) is 0 Å². The van der Waals surface area contributed by atoms with Crippen molar-refractivity contribution in [1.29, 1.82) is 0 Å². The van der Waals surface area contributed by atoms with Gasteiger partial charge in [-0.3, -0.25) is 5.10 Å². The number of hydrogen-bond acceptors (Lipinski definition) is 4. The van der Waals surface area contributed by atoms with Crippen LogP contribution in [-0.2, 0) is 0 Å². The van der Waals surface area contributed by atoms with Crippen LogP contribution in [0, 0.1) is 17.8 Å². The van der Waals surface area contributed by atoms with Crippen molar-refractivity contribution in [3.8, 4) is 0 Å². The second kappa shape index (κ2) is 4.88. The van der Waals surface area contributed by atoms with E-state index in [1.165, 1.54) is 35.9 Å². The summed E-state index contributed by atoms with van der Waals surface area (Å²) >= 11 is 0. The average Bonchev–Trinajstić information content (AvgIpc) is 3.49. The van der Waals surface area contributed by atoms with Crippen LogP contribution in [0.1, 0.15) is 42.5 Å². The molecule has 3 aromatic heterocycles. The molecule has 134 valence electrons. The smallest absolute Gasteiger partial charge is 0.153 e. The van der Waals surface area contributed by atoms with Crippen molar-refractivity contribution in [1.82, 2.24) is 24.8 Å². The molecule has 5 atom stereocenters. The molecule has 2 saturated carbocycles. The number of anilines is 1. The largest absolute Gasteiger partial charge is 0.376 e. The maximum Gasteiger partial charge on any atom is 0.153 e. The molecule has 2 N–H and O–H groups in total. The van der Waals surface area contributed by atoms with Gasteiger partial charge in [-0.05, 0) is 72.8 Å². The van der Waals surface area contributed by atoms with E-state index in [1.54, 1.807) is 0 Å². The molecule has 0 radical (unpaired) electrons. The summed E-state index contributed by atoms with van der Waals surface area (Å²) in [4.78, 5) is 4.34. The molecule has 1 aliphatic heterocycles. The molecular formula is C21H20N6.